The fourth-order valence-corrected chi connectivity index (χ4v) is 2.61. The molecule has 0 aliphatic heterocycles. The third kappa shape index (κ3) is 4.55. The van der Waals surface area contributed by atoms with Crippen molar-refractivity contribution in [2.45, 2.75) is 19.4 Å². The summed E-state index contributed by atoms with van der Waals surface area (Å²) in [5, 5.41) is 2.79. The number of ether oxygens (including phenoxy) is 1. The first-order valence-electron chi connectivity index (χ1n) is 7.23. The number of aromatic nitrogens is 1. The van der Waals surface area contributed by atoms with E-state index in [9.17, 15) is 14.4 Å². The van der Waals surface area contributed by atoms with E-state index in [-0.39, 0.29) is 17.9 Å². The van der Waals surface area contributed by atoms with E-state index in [2.05, 4.69) is 26.2 Å². The molecule has 0 aliphatic carbocycles. The maximum atomic E-state index is 12.4. The molecule has 7 heteroatoms. The molecule has 1 aromatic carbocycles. The van der Waals surface area contributed by atoms with E-state index in [1.54, 1.807) is 0 Å². The summed E-state index contributed by atoms with van der Waals surface area (Å²) in [6.07, 6.45) is 1.48. The number of Topliss-reactive ketones (excluding diaryl/α,β-unsaturated/α-hetero) is 1. The number of rotatable bonds is 6. The lowest BCUT2D eigenvalue weighted by atomic mass is 10.0. The Labute approximate surface area is 147 Å². The standard InChI is InChI=1S/C17H17BrN2O4/c1-10(21)12-7-15(19-9-12)17(23)20-14(8-16(22)24-2)11-4-3-5-13(18)6-11/h3-7,9,14,19H,8H2,1-2H3,(H,20,23). The van der Waals surface area contributed by atoms with Gasteiger partial charge in [-0.25, -0.2) is 0 Å². The molecule has 1 atom stereocenters. The molecule has 0 saturated heterocycles. The van der Waals surface area contributed by atoms with Crippen molar-refractivity contribution in [1.82, 2.24) is 10.3 Å². The van der Waals surface area contributed by atoms with Crippen molar-refractivity contribution in [2.24, 2.45) is 0 Å². The zero-order chi connectivity index (χ0) is 17.7. The van der Waals surface area contributed by atoms with Crippen molar-refractivity contribution >= 4 is 33.6 Å². The number of hydrogen-bond acceptors (Lipinski definition) is 4. The monoisotopic (exact) mass is 392 g/mol. The van der Waals surface area contributed by atoms with Crippen molar-refractivity contribution in [2.75, 3.05) is 7.11 Å². The van der Waals surface area contributed by atoms with Gasteiger partial charge in [-0.1, -0.05) is 28.1 Å². The van der Waals surface area contributed by atoms with Crippen LogP contribution in [0.4, 0.5) is 0 Å². The highest BCUT2D eigenvalue weighted by Gasteiger charge is 2.21. The van der Waals surface area contributed by atoms with Gasteiger partial charge in [0, 0.05) is 16.2 Å². The molecule has 126 valence electrons. The predicted octanol–water partition coefficient (Wildman–Crippen LogP) is 3.01. The van der Waals surface area contributed by atoms with Crippen LogP contribution in [0, 0.1) is 0 Å². The van der Waals surface area contributed by atoms with Crippen LogP contribution in [0.25, 0.3) is 0 Å². The molecule has 0 bridgehead atoms. The zero-order valence-corrected chi connectivity index (χ0v) is 14.8. The van der Waals surface area contributed by atoms with E-state index in [1.165, 1.54) is 26.3 Å². The second-order valence-corrected chi connectivity index (χ2v) is 6.14. The van der Waals surface area contributed by atoms with Crippen LogP contribution < -0.4 is 5.32 Å². The molecule has 1 amide bonds. The molecule has 0 spiro atoms. The summed E-state index contributed by atoms with van der Waals surface area (Å²) in [5.74, 6) is -0.976. The predicted molar refractivity (Wildman–Crippen MR) is 91.8 cm³/mol. The van der Waals surface area contributed by atoms with Gasteiger partial charge < -0.3 is 15.0 Å². The number of ketones is 1. The summed E-state index contributed by atoms with van der Waals surface area (Å²) in [6, 6.07) is 8.24. The van der Waals surface area contributed by atoms with Crippen molar-refractivity contribution < 1.29 is 19.1 Å². The summed E-state index contributed by atoms with van der Waals surface area (Å²) in [6.45, 7) is 1.42. The first-order chi connectivity index (χ1) is 11.4. The van der Waals surface area contributed by atoms with Gasteiger partial charge in [-0.15, -0.1) is 0 Å². The fourth-order valence-electron chi connectivity index (χ4n) is 2.19. The van der Waals surface area contributed by atoms with Crippen LogP contribution in [-0.4, -0.2) is 29.8 Å². The summed E-state index contributed by atoms with van der Waals surface area (Å²) < 4.78 is 5.54. The summed E-state index contributed by atoms with van der Waals surface area (Å²) in [5.41, 5.74) is 1.44. The Hall–Kier alpha value is -2.41. The van der Waals surface area contributed by atoms with Crippen LogP contribution in [0.1, 0.15) is 45.8 Å². The average Bonchev–Trinajstić information content (AvgIpc) is 3.04. The van der Waals surface area contributed by atoms with E-state index >= 15 is 0 Å². The number of H-pyrrole nitrogens is 1. The minimum absolute atomic E-state index is 0.00102. The fraction of sp³-hybridized carbons (Fsp3) is 0.235. The van der Waals surface area contributed by atoms with E-state index in [1.807, 2.05) is 24.3 Å². The molecule has 1 heterocycles. The number of nitrogens with one attached hydrogen (secondary N) is 2. The molecule has 1 aromatic heterocycles. The second-order valence-electron chi connectivity index (χ2n) is 5.22. The Bertz CT molecular complexity index is 769. The minimum Gasteiger partial charge on any atom is -0.469 e. The second kappa shape index (κ2) is 7.92. The molecule has 0 saturated carbocycles. The Morgan fingerprint density at radius 3 is 2.62 bits per heavy atom. The van der Waals surface area contributed by atoms with Crippen LogP contribution in [0.15, 0.2) is 41.0 Å². The van der Waals surface area contributed by atoms with Gasteiger partial charge in [0.25, 0.3) is 5.91 Å². The minimum atomic E-state index is -0.550. The lowest BCUT2D eigenvalue weighted by Crippen LogP contribution is -2.30. The molecular weight excluding hydrogens is 376 g/mol. The SMILES string of the molecule is COC(=O)CC(NC(=O)c1cc(C(C)=O)c[nH]1)c1cccc(Br)c1. The quantitative estimate of drug-likeness (QED) is 0.584. The summed E-state index contributed by atoms with van der Waals surface area (Å²) in [7, 11) is 1.30. The Morgan fingerprint density at radius 2 is 2.04 bits per heavy atom. The molecule has 0 radical (unpaired) electrons. The normalized spacial score (nSPS) is 11.6. The maximum Gasteiger partial charge on any atom is 0.307 e. The molecule has 0 fully saturated rings. The maximum absolute atomic E-state index is 12.4. The molecule has 0 aliphatic rings. The lowest BCUT2D eigenvalue weighted by molar-refractivity contribution is -0.141. The van der Waals surface area contributed by atoms with Gasteiger partial charge in [0.15, 0.2) is 5.78 Å². The molecule has 2 rings (SSSR count). The van der Waals surface area contributed by atoms with E-state index in [0.29, 0.717) is 5.56 Å². The summed E-state index contributed by atoms with van der Waals surface area (Å²) >= 11 is 3.37. The first kappa shape index (κ1) is 17.9. The van der Waals surface area contributed by atoms with Crippen LogP contribution in [0.2, 0.25) is 0 Å². The first-order valence-corrected chi connectivity index (χ1v) is 8.02. The molecule has 2 N–H and O–H groups in total. The van der Waals surface area contributed by atoms with E-state index < -0.39 is 17.9 Å². The zero-order valence-electron chi connectivity index (χ0n) is 13.3. The highest BCUT2D eigenvalue weighted by molar-refractivity contribution is 9.10. The number of amides is 1. The highest BCUT2D eigenvalue weighted by atomic mass is 79.9. The largest absolute Gasteiger partial charge is 0.469 e. The molecule has 2 aromatic rings. The number of benzene rings is 1. The van der Waals surface area contributed by atoms with Gasteiger partial charge in [-0.05, 0) is 30.7 Å². The number of hydrogen-bond donors (Lipinski definition) is 2. The van der Waals surface area contributed by atoms with Crippen molar-refractivity contribution in [3.63, 3.8) is 0 Å². The lowest BCUT2D eigenvalue weighted by Gasteiger charge is -2.18. The molecule has 6 nitrogen and oxygen atoms in total. The van der Waals surface area contributed by atoms with E-state index in [0.717, 1.165) is 10.0 Å². The Morgan fingerprint density at radius 1 is 1.29 bits per heavy atom. The average molecular weight is 393 g/mol. The Kier molecular flexibility index (Phi) is 5.92. The van der Waals surface area contributed by atoms with Gasteiger partial charge in [0.1, 0.15) is 5.69 Å². The van der Waals surface area contributed by atoms with Gasteiger partial charge in [-0.2, -0.15) is 0 Å². The smallest absolute Gasteiger partial charge is 0.307 e. The topological polar surface area (TPSA) is 88.3 Å². The van der Waals surface area contributed by atoms with Gasteiger partial charge in [0.05, 0.1) is 19.6 Å². The number of aromatic amines is 1. The third-order valence-electron chi connectivity index (χ3n) is 3.49. The third-order valence-corrected chi connectivity index (χ3v) is 3.98. The number of carbonyl (C=O) groups is 3. The van der Waals surface area contributed by atoms with Crippen LogP contribution >= 0.6 is 15.9 Å². The molecule has 1 unspecified atom stereocenters. The number of halogens is 1. The van der Waals surface area contributed by atoms with E-state index in [4.69, 9.17) is 4.74 Å². The van der Waals surface area contributed by atoms with Crippen molar-refractivity contribution in [3.05, 3.63) is 57.8 Å². The molecular formula is C17H17BrN2O4. The van der Waals surface area contributed by atoms with Crippen LogP contribution in [0.5, 0.6) is 0 Å². The summed E-state index contributed by atoms with van der Waals surface area (Å²) in [4.78, 5) is 38.1. The Balaban J connectivity index is 2.21. The molecule has 24 heavy (non-hydrogen) atoms. The van der Waals surface area contributed by atoms with Gasteiger partial charge in [-0.3, -0.25) is 14.4 Å². The van der Waals surface area contributed by atoms with Crippen molar-refractivity contribution in [3.8, 4) is 0 Å². The number of methoxy groups -OCH3 is 1. The van der Waals surface area contributed by atoms with Crippen LogP contribution in [-0.2, 0) is 9.53 Å². The highest BCUT2D eigenvalue weighted by Crippen LogP contribution is 2.22. The number of carbonyl (C=O) groups excluding carboxylic acids is 3. The van der Waals surface area contributed by atoms with Gasteiger partial charge >= 0.3 is 5.97 Å². The van der Waals surface area contributed by atoms with Crippen LogP contribution in [0.3, 0.4) is 0 Å². The number of esters is 1. The van der Waals surface area contributed by atoms with Crippen molar-refractivity contribution in [1.29, 1.82) is 0 Å². The van der Waals surface area contributed by atoms with Gasteiger partial charge in [0.2, 0.25) is 0 Å².